The van der Waals surface area contributed by atoms with Crippen LogP contribution in [0.2, 0.25) is 5.02 Å². The lowest BCUT2D eigenvalue weighted by Gasteiger charge is -2.08. The van der Waals surface area contributed by atoms with Gasteiger partial charge in [0.05, 0.1) is 0 Å². The van der Waals surface area contributed by atoms with Crippen LogP contribution in [-0.2, 0) is 6.54 Å². The molecule has 0 aromatic heterocycles. The first-order valence-corrected chi connectivity index (χ1v) is 7.67. The largest absolute Gasteiger partial charge is 0.310 e. The molecule has 0 aliphatic heterocycles. The second kappa shape index (κ2) is 5.66. The molecule has 1 saturated carbocycles. The predicted molar refractivity (Wildman–Crippen MR) is 84.4 cm³/mol. The summed E-state index contributed by atoms with van der Waals surface area (Å²) in [7, 11) is 0. The number of hydrogen-bond donors (Lipinski definition) is 1. The van der Waals surface area contributed by atoms with Gasteiger partial charge in [0.2, 0.25) is 0 Å². The molecule has 0 saturated heterocycles. The van der Waals surface area contributed by atoms with Crippen molar-refractivity contribution >= 4 is 27.5 Å². The first-order valence-electron chi connectivity index (χ1n) is 6.50. The minimum absolute atomic E-state index is 0.710. The molecule has 3 rings (SSSR count). The third-order valence-electron chi connectivity index (χ3n) is 3.39. The number of benzene rings is 2. The highest BCUT2D eigenvalue weighted by Gasteiger charge is 2.20. The summed E-state index contributed by atoms with van der Waals surface area (Å²) < 4.78 is 1.09. The summed E-state index contributed by atoms with van der Waals surface area (Å²) in [6.45, 7) is 0.865. The molecule has 19 heavy (non-hydrogen) atoms. The highest BCUT2D eigenvalue weighted by molar-refractivity contribution is 9.10. The maximum Gasteiger partial charge on any atom is 0.0457 e. The van der Waals surface area contributed by atoms with Crippen LogP contribution in [0.1, 0.15) is 18.4 Å². The molecule has 0 amide bonds. The van der Waals surface area contributed by atoms with Crippen molar-refractivity contribution in [3.63, 3.8) is 0 Å². The Morgan fingerprint density at radius 2 is 1.74 bits per heavy atom. The summed E-state index contributed by atoms with van der Waals surface area (Å²) in [4.78, 5) is 0. The van der Waals surface area contributed by atoms with Crippen molar-refractivity contribution in [1.82, 2.24) is 5.32 Å². The van der Waals surface area contributed by atoms with Crippen molar-refractivity contribution in [2.45, 2.75) is 25.4 Å². The van der Waals surface area contributed by atoms with Gasteiger partial charge in [0.25, 0.3) is 0 Å². The second-order valence-corrected chi connectivity index (χ2v) is 6.29. The first kappa shape index (κ1) is 13.2. The fourth-order valence-corrected chi connectivity index (χ4v) is 2.57. The Morgan fingerprint density at radius 3 is 2.37 bits per heavy atom. The van der Waals surface area contributed by atoms with Gasteiger partial charge >= 0.3 is 0 Å². The van der Waals surface area contributed by atoms with E-state index in [0.717, 1.165) is 21.6 Å². The highest BCUT2D eigenvalue weighted by atomic mass is 79.9. The molecule has 0 atom stereocenters. The molecule has 1 N–H and O–H groups in total. The van der Waals surface area contributed by atoms with E-state index in [1.54, 1.807) is 0 Å². The molecule has 0 unspecified atom stereocenters. The van der Waals surface area contributed by atoms with Crippen molar-refractivity contribution in [3.05, 3.63) is 57.5 Å². The van der Waals surface area contributed by atoms with Crippen molar-refractivity contribution in [1.29, 1.82) is 0 Å². The monoisotopic (exact) mass is 335 g/mol. The molecular weight excluding hydrogens is 322 g/mol. The van der Waals surface area contributed by atoms with Crippen LogP contribution in [0, 0.1) is 0 Å². The van der Waals surface area contributed by atoms with Crippen LogP contribution in [0.3, 0.4) is 0 Å². The normalized spacial score (nSPS) is 14.6. The van der Waals surface area contributed by atoms with Gasteiger partial charge < -0.3 is 5.32 Å². The van der Waals surface area contributed by atoms with E-state index in [9.17, 15) is 0 Å². The van der Waals surface area contributed by atoms with Gasteiger partial charge in [-0.2, -0.15) is 0 Å². The Morgan fingerprint density at radius 1 is 1.05 bits per heavy atom. The molecule has 0 heterocycles. The van der Waals surface area contributed by atoms with Gasteiger partial charge in [0, 0.05) is 22.1 Å². The number of rotatable bonds is 4. The summed E-state index contributed by atoms with van der Waals surface area (Å²) in [5, 5.41) is 4.33. The van der Waals surface area contributed by atoms with Crippen LogP contribution in [0.5, 0.6) is 0 Å². The molecule has 1 aliphatic carbocycles. The molecule has 2 aromatic rings. The van der Waals surface area contributed by atoms with E-state index in [2.05, 4.69) is 51.6 Å². The van der Waals surface area contributed by atoms with Gasteiger partial charge in [-0.05, 0) is 47.7 Å². The lowest BCUT2D eigenvalue weighted by Crippen LogP contribution is -2.15. The Labute approximate surface area is 127 Å². The van der Waals surface area contributed by atoms with Crippen molar-refractivity contribution in [2.75, 3.05) is 0 Å². The van der Waals surface area contributed by atoms with Crippen molar-refractivity contribution < 1.29 is 0 Å². The topological polar surface area (TPSA) is 12.0 Å². The molecule has 1 fully saturated rings. The van der Waals surface area contributed by atoms with E-state index in [0.29, 0.717) is 6.04 Å². The van der Waals surface area contributed by atoms with Crippen LogP contribution in [0.15, 0.2) is 46.9 Å². The molecule has 2 aromatic carbocycles. The van der Waals surface area contributed by atoms with Gasteiger partial charge in [-0.1, -0.05) is 51.8 Å². The highest BCUT2D eigenvalue weighted by Crippen LogP contribution is 2.27. The predicted octanol–water partition coefficient (Wildman–Crippen LogP) is 5.02. The van der Waals surface area contributed by atoms with Gasteiger partial charge in [0.15, 0.2) is 0 Å². The average molecular weight is 337 g/mol. The number of halogens is 2. The quantitative estimate of drug-likeness (QED) is 0.826. The van der Waals surface area contributed by atoms with Crippen molar-refractivity contribution in [3.8, 4) is 11.1 Å². The van der Waals surface area contributed by atoms with E-state index >= 15 is 0 Å². The number of nitrogens with one attached hydrogen (secondary N) is 1. The molecule has 1 aliphatic rings. The third kappa shape index (κ3) is 3.38. The minimum atomic E-state index is 0.710. The summed E-state index contributed by atoms with van der Waals surface area (Å²) in [5.41, 5.74) is 3.52. The zero-order valence-corrected chi connectivity index (χ0v) is 12.8. The first-order chi connectivity index (χ1) is 9.22. The van der Waals surface area contributed by atoms with E-state index in [1.165, 1.54) is 24.0 Å². The summed E-state index contributed by atoms with van der Waals surface area (Å²) in [6, 6.07) is 15.3. The standard InChI is InChI=1S/C16H15BrClN/c17-14-5-3-11(4-6-14)12-1-2-13(16(18)9-12)10-19-15-7-8-15/h1-6,9,15,19H,7-8,10H2. The van der Waals surface area contributed by atoms with Gasteiger partial charge in [-0.25, -0.2) is 0 Å². The number of hydrogen-bond acceptors (Lipinski definition) is 1. The Hall–Kier alpha value is -0.830. The van der Waals surface area contributed by atoms with E-state index < -0.39 is 0 Å². The summed E-state index contributed by atoms with van der Waals surface area (Å²) in [6.07, 6.45) is 2.60. The minimum Gasteiger partial charge on any atom is -0.310 e. The van der Waals surface area contributed by atoms with Crippen LogP contribution in [0.25, 0.3) is 11.1 Å². The van der Waals surface area contributed by atoms with Crippen LogP contribution in [0.4, 0.5) is 0 Å². The van der Waals surface area contributed by atoms with E-state index in [1.807, 2.05) is 12.1 Å². The molecule has 0 radical (unpaired) electrons. The van der Waals surface area contributed by atoms with E-state index in [4.69, 9.17) is 11.6 Å². The Kier molecular flexibility index (Phi) is 3.92. The lowest BCUT2D eigenvalue weighted by molar-refractivity contribution is 0.688. The molecule has 3 heteroatoms. The zero-order chi connectivity index (χ0) is 13.2. The molecule has 0 spiro atoms. The fraction of sp³-hybridized carbons (Fsp3) is 0.250. The van der Waals surface area contributed by atoms with Gasteiger partial charge in [-0.15, -0.1) is 0 Å². The van der Waals surface area contributed by atoms with Crippen molar-refractivity contribution in [2.24, 2.45) is 0 Å². The smallest absolute Gasteiger partial charge is 0.0457 e. The fourth-order valence-electron chi connectivity index (χ4n) is 2.05. The Bertz CT molecular complexity index is 576. The van der Waals surface area contributed by atoms with Crippen LogP contribution >= 0.6 is 27.5 Å². The second-order valence-electron chi connectivity index (χ2n) is 4.97. The molecule has 1 nitrogen and oxygen atoms in total. The SMILES string of the molecule is Clc1cc(-c2ccc(Br)cc2)ccc1CNC1CC1. The van der Waals surface area contributed by atoms with E-state index in [-0.39, 0.29) is 0 Å². The summed E-state index contributed by atoms with van der Waals surface area (Å²) >= 11 is 9.81. The zero-order valence-electron chi connectivity index (χ0n) is 10.5. The third-order valence-corrected chi connectivity index (χ3v) is 4.27. The lowest BCUT2D eigenvalue weighted by atomic mass is 10.0. The molecule has 0 bridgehead atoms. The maximum atomic E-state index is 6.37. The molecular formula is C16H15BrClN. The van der Waals surface area contributed by atoms with Gasteiger partial charge in [0.1, 0.15) is 0 Å². The van der Waals surface area contributed by atoms with Crippen LogP contribution < -0.4 is 5.32 Å². The van der Waals surface area contributed by atoms with Gasteiger partial charge in [-0.3, -0.25) is 0 Å². The molecule has 98 valence electrons. The summed E-state index contributed by atoms with van der Waals surface area (Å²) in [5.74, 6) is 0. The maximum absolute atomic E-state index is 6.37. The average Bonchev–Trinajstić information content (AvgIpc) is 3.22. The Balaban J connectivity index is 1.79. The van der Waals surface area contributed by atoms with Crippen LogP contribution in [-0.4, -0.2) is 6.04 Å².